The first kappa shape index (κ1) is 29.8. The van der Waals surface area contributed by atoms with Gasteiger partial charge >= 0.3 is 0 Å². The first-order chi connectivity index (χ1) is 22.2. The van der Waals surface area contributed by atoms with E-state index in [9.17, 15) is 0 Å². The molecule has 0 amide bonds. The Kier molecular flexibility index (Phi) is 7.53. The van der Waals surface area contributed by atoms with E-state index in [-0.39, 0.29) is 0 Å². The molecule has 2 unspecified atom stereocenters. The Morgan fingerprint density at radius 3 is 1.46 bits per heavy atom. The first-order valence-electron chi connectivity index (χ1n) is 16.0. The number of aryl methyl sites for hydroxylation is 4. The molecule has 2 atom stereocenters. The normalized spacial score (nSPS) is 15.6. The number of fused-ring (bicyclic) bond motifs is 6. The highest BCUT2D eigenvalue weighted by Gasteiger charge is 2.34. The molecule has 0 radical (unpaired) electrons. The van der Waals surface area contributed by atoms with Crippen molar-refractivity contribution in [3.05, 3.63) is 140 Å². The molecule has 9 rings (SSSR count). The van der Waals surface area contributed by atoms with Gasteiger partial charge in [0.25, 0.3) is 0 Å². The second kappa shape index (κ2) is 11.6. The van der Waals surface area contributed by atoms with Gasteiger partial charge in [-0.15, -0.1) is 45.3 Å². The van der Waals surface area contributed by atoms with Crippen LogP contribution >= 0.6 is 45.3 Å². The summed E-state index contributed by atoms with van der Waals surface area (Å²) in [4.78, 5) is 11.3. The fourth-order valence-electron chi connectivity index (χ4n) is 6.85. The molecule has 46 heavy (non-hydrogen) atoms. The van der Waals surface area contributed by atoms with E-state index >= 15 is 0 Å². The van der Waals surface area contributed by atoms with Gasteiger partial charge in [0.2, 0.25) is 0 Å². The van der Waals surface area contributed by atoms with Gasteiger partial charge in [-0.3, -0.25) is 0 Å². The molecule has 0 bridgehead atoms. The molecule has 0 nitrogen and oxygen atoms in total. The number of thiophene rings is 4. The standard InChI is InChI=1S/C30H24S3.C12H12S/c1-15-5-7-19(8-6-15)26-9-10-27(32-26)28-14-23-18(4)21-12-24-20(13-25(21)30(23)33-28)17(3)22-11-16(2)31-29(22)24;1-9-3-6-11(7-4-9)12-8-5-10(2)13-12/h5-14,17-18H,1-4H3;3-8H,1-2H3. The fraction of sp³-hybridized carbons (Fsp3) is 0.190. The van der Waals surface area contributed by atoms with E-state index in [1.165, 1.54) is 94.7 Å². The van der Waals surface area contributed by atoms with E-state index in [1.54, 1.807) is 0 Å². The lowest BCUT2D eigenvalue weighted by Crippen LogP contribution is -1.93. The molecule has 4 heterocycles. The van der Waals surface area contributed by atoms with Gasteiger partial charge in [-0.25, -0.2) is 0 Å². The third-order valence-corrected chi connectivity index (χ3v) is 14.1. The molecule has 228 valence electrons. The monoisotopic (exact) mass is 668 g/mol. The maximum absolute atomic E-state index is 2.52. The number of hydrogen-bond donors (Lipinski definition) is 0. The highest BCUT2D eigenvalue weighted by atomic mass is 32.1. The molecule has 7 aromatic rings. The van der Waals surface area contributed by atoms with E-state index in [2.05, 4.69) is 139 Å². The molecule has 0 fully saturated rings. The summed E-state index contributed by atoms with van der Waals surface area (Å²) >= 11 is 7.70. The van der Waals surface area contributed by atoms with Gasteiger partial charge in [0.1, 0.15) is 0 Å². The Balaban J connectivity index is 0.000000202. The average molecular weight is 669 g/mol. The lowest BCUT2D eigenvalue weighted by Gasteiger charge is -2.12. The Hall–Kier alpha value is -3.54. The Labute approximate surface area is 288 Å². The summed E-state index contributed by atoms with van der Waals surface area (Å²) in [7, 11) is 0. The van der Waals surface area contributed by atoms with E-state index < -0.39 is 0 Å². The SMILES string of the molecule is Cc1ccc(-c2ccc(-c3cc4c(s3)-c3cc5c(cc3C4C)-c3sc(C)cc3C5C)s2)cc1.Cc1ccc(-c2ccc(C)s2)cc1. The zero-order chi connectivity index (χ0) is 31.7. The lowest BCUT2D eigenvalue weighted by molar-refractivity contribution is 0.945. The first-order valence-corrected chi connectivity index (χ1v) is 19.2. The van der Waals surface area contributed by atoms with Crippen LogP contribution in [0.3, 0.4) is 0 Å². The van der Waals surface area contributed by atoms with Crippen molar-refractivity contribution in [3.63, 3.8) is 0 Å². The van der Waals surface area contributed by atoms with Gasteiger partial charge < -0.3 is 0 Å². The average Bonchev–Trinajstić information content (AvgIpc) is 3.90. The van der Waals surface area contributed by atoms with Crippen LogP contribution in [0.1, 0.15) is 68.8 Å². The number of benzene rings is 3. The Morgan fingerprint density at radius 2 is 0.891 bits per heavy atom. The highest BCUT2D eigenvalue weighted by Crippen LogP contribution is 2.57. The molecule has 0 saturated carbocycles. The fourth-order valence-corrected chi connectivity index (χ4v) is 11.3. The van der Waals surface area contributed by atoms with Gasteiger partial charge in [-0.05, 0) is 121 Å². The van der Waals surface area contributed by atoms with Gasteiger partial charge in [-0.2, -0.15) is 0 Å². The minimum absolute atomic E-state index is 0.460. The summed E-state index contributed by atoms with van der Waals surface area (Å²) in [5.74, 6) is 0.959. The molecule has 4 heteroatoms. The topological polar surface area (TPSA) is 0 Å². The van der Waals surface area contributed by atoms with Crippen LogP contribution < -0.4 is 0 Å². The molecule has 0 N–H and O–H groups in total. The maximum Gasteiger partial charge on any atom is 0.0452 e. The minimum atomic E-state index is 0.460. The van der Waals surface area contributed by atoms with Crippen molar-refractivity contribution in [2.24, 2.45) is 0 Å². The third kappa shape index (κ3) is 5.16. The summed E-state index contributed by atoms with van der Waals surface area (Å²) in [5.41, 5.74) is 14.3. The van der Waals surface area contributed by atoms with Crippen LogP contribution in [-0.2, 0) is 0 Å². The van der Waals surface area contributed by atoms with Gasteiger partial charge in [0, 0.05) is 50.9 Å². The zero-order valence-electron chi connectivity index (χ0n) is 27.0. The van der Waals surface area contributed by atoms with Crippen molar-refractivity contribution in [1.82, 2.24) is 0 Å². The Bertz CT molecular complexity index is 2210. The zero-order valence-corrected chi connectivity index (χ0v) is 30.3. The molecule has 2 aliphatic rings. The molecule has 4 aromatic heterocycles. The van der Waals surface area contributed by atoms with Crippen LogP contribution in [0.5, 0.6) is 0 Å². The summed E-state index contributed by atoms with van der Waals surface area (Å²) in [6.07, 6.45) is 0. The summed E-state index contributed by atoms with van der Waals surface area (Å²) in [6, 6.07) is 36.4. The minimum Gasteiger partial charge on any atom is -0.141 e. The summed E-state index contributed by atoms with van der Waals surface area (Å²) in [6.45, 7) is 13.4. The summed E-state index contributed by atoms with van der Waals surface area (Å²) in [5, 5.41) is 0. The number of hydrogen-bond acceptors (Lipinski definition) is 4. The van der Waals surface area contributed by atoms with Crippen LogP contribution in [0.25, 0.3) is 51.5 Å². The van der Waals surface area contributed by atoms with Crippen molar-refractivity contribution < 1.29 is 0 Å². The van der Waals surface area contributed by atoms with E-state index in [0.29, 0.717) is 11.8 Å². The molecule has 0 aliphatic heterocycles. The molecular weight excluding hydrogens is 633 g/mol. The van der Waals surface area contributed by atoms with Crippen LogP contribution in [0.2, 0.25) is 0 Å². The molecule has 0 spiro atoms. The van der Waals surface area contributed by atoms with Crippen molar-refractivity contribution in [2.45, 2.75) is 53.4 Å². The second-order valence-corrected chi connectivity index (χ2v) is 17.5. The predicted molar refractivity (Wildman–Crippen MR) is 206 cm³/mol. The van der Waals surface area contributed by atoms with E-state index in [4.69, 9.17) is 0 Å². The van der Waals surface area contributed by atoms with Crippen LogP contribution in [0, 0.1) is 27.7 Å². The molecule has 3 aromatic carbocycles. The molecule has 0 saturated heterocycles. The quantitative estimate of drug-likeness (QED) is 0.176. The van der Waals surface area contributed by atoms with Crippen LogP contribution in [0.15, 0.2) is 97.1 Å². The Morgan fingerprint density at radius 1 is 0.391 bits per heavy atom. The largest absolute Gasteiger partial charge is 0.141 e. The van der Waals surface area contributed by atoms with Gasteiger partial charge in [0.15, 0.2) is 0 Å². The van der Waals surface area contributed by atoms with Gasteiger partial charge in [0.05, 0.1) is 0 Å². The highest BCUT2D eigenvalue weighted by molar-refractivity contribution is 7.25. The lowest BCUT2D eigenvalue weighted by atomic mass is 9.93. The van der Waals surface area contributed by atoms with E-state index in [0.717, 1.165) is 0 Å². The van der Waals surface area contributed by atoms with Gasteiger partial charge in [-0.1, -0.05) is 73.5 Å². The van der Waals surface area contributed by atoms with Crippen LogP contribution in [-0.4, -0.2) is 0 Å². The predicted octanol–water partition coefficient (Wildman–Crippen LogP) is 14.1. The second-order valence-electron chi connectivity index (χ2n) is 12.8. The summed E-state index contributed by atoms with van der Waals surface area (Å²) < 4.78 is 0. The van der Waals surface area contributed by atoms with Crippen molar-refractivity contribution in [2.75, 3.05) is 0 Å². The van der Waals surface area contributed by atoms with E-state index in [1.807, 2.05) is 45.3 Å². The third-order valence-electron chi connectivity index (χ3n) is 9.48. The maximum atomic E-state index is 2.52. The number of rotatable bonds is 3. The smallest absolute Gasteiger partial charge is 0.0452 e. The van der Waals surface area contributed by atoms with Crippen molar-refractivity contribution >= 4 is 45.3 Å². The van der Waals surface area contributed by atoms with Crippen LogP contribution in [0.4, 0.5) is 0 Å². The molecule has 2 aliphatic carbocycles. The molecular formula is C42H36S4. The van der Waals surface area contributed by atoms with Crippen molar-refractivity contribution in [1.29, 1.82) is 0 Å². The van der Waals surface area contributed by atoms with Crippen molar-refractivity contribution in [3.8, 4) is 51.5 Å².